The van der Waals surface area contributed by atoms with Gasteiger partial charge in [-0.1, -0.05) is 0 Å². The first kappa shape index (κ1) is 20.5. The van der Waals surface area contributed by atoms with E-state index in [-0.39, 0.29) is 6.61 Å². The summed E-state index contributed by atoms with van der Waals surface area (Å²) < 4.78 is 29.5. The predicted octanol–water partition coefficient (Wildman–Crippen LogP) is 3.39. The standard InChI is InChI=1S/C22H23N3O6/c1-27-15-6-5-14(19-20(15)25(7-8-26)11-23-19)21-18(24-12-31-21)13-9-16(28-2)22(30-4)17(10-13)29-3/h5-6,9-12,26H,7-8H2,1-4H3. The van der Waals surface area contributed by atoms with Crippen LogP contribution in [-0.2, 0) is 6.54 Å². The lowest BCUT2D eigenvalue weighted by Gasteiger charge is -2.14. The number of rotatable bonds is 8. The van der Waals surface area contributed by atoms with E-state index in [1.165, 1.54) is 6.39 Å². The van der Waals surface area contributed by atoms with E-state index in [1.54, 1.807) is 34.8 Å². The van der Waals surface area contributed by atoms with Crippen LogP contribution in [0.25, 0.3) is 33.6 Å². The molecule has 0 aliphatic rings. The van der Waals surface area contributed by atoms with Gasteiger partial charge in [0.05, 0.1) is 41.4 Å². The van der Waals surface area contributed by atoms with Crippen LogP contribution in [0.3, 0.4) is 0 Å². The van der Waals surface area contributed by atoms with Crippen LogP contribution < -0.4 is 18.9 Å². The number of aromatic nitrogens is 3. The lowest BCUT2D eigenvalue weighted by atomic mass is 10.0. The topological polar surface area (TPSA) is 101 Å². The number of benzene rings is 2. The van der Waals surface area contributed by atoms with E-state index >= 15 is 0 Å². The third-order valence-electron chi connectivity index (χ3n) is 5.04. The number of oxazole rings is 1. The molecule has 0 aliphatic carbocycles. The number of methoxy groups -OCH3 is 4. The molecule has 0 saturated heterocycles. The maximum absolute atomic E-state index is 9.40. The summed E-state index contributed by atoms with van der Waals surface area (Å²) in [6, 6.07) is 7.34. The third kappa shape index (κ3) is 3.42. The van der Waals surface area contributed by atoms with E-state index in [0.717, 1.165) is 16.6 Å². The molecule has 4 aromatic rings. The molecular formula is C22H23N3O6. The molecule has 0 amide bonds. The quantitative estimate of drug-likeness (QED) is 0.459. The summed E-state index contributed by atoms with van der Waals surface area (Å²) in [5.41, 5.74) is 3.52. The molecule has 9 heteroatoms. The molecule has 31 heavy (non-hydrogen) atoms. The first-order valence-electron chi connectivity index (χ1n) is 9.53. The van der Waals surface area contributed by atoms with E-state index in [0.29, 0.717) is 46.5 Å². The number of ether oxygens (including phenoxy) is 4. The van der Waals surface area contributed by atoms with Gasteiger partial charge in [0.2, 0.25) is 5.75 Å². The maximum atomic E-state index is 9.40. The maximum Gasteiger partial charge on any atom is 0.203 e. The Balaban J connectivity index is 1.92. The van der Waals surface area contributed by atoms with Gasteiger partial charge in [-0.3, -0.25) is 0 Å². The SMILES string of the molecule is COc1cc(-c2ncoc2-c2ccc(OC)c3c2ncn3CCO)cc(OC)c1OC. The summed E-state index contributed by atoms with van der Waals surface area (Å²) in [5, 5.41) is 9.40. The van der Waals surface area contributed by atoms with Gasteiger partial charge < -0.3 is 33.0 Å². The number of aliphatic hydroxyl groups is 1. The molecule has 9 nitrogen and oxygen atoms in total. The van der Waals surface area contributed by atoms with Gasteiger partial charge >= 0.3 is 0 Å². The highest BCUT2D eigenvalue weighted by Gasteiger charge is 2.22. The van der Waals surface area contributed by atoms with Gasteiger partial charge in [0.25, 0.3) is 0 Å². The molecule has 0 aliphatic heterocycles. The largest absolute Gasteiger partial charge is 0.494 e. The van der Waals surface area contributed by atoms with E-state index in [4.69, 9.17) is 23.4 Å². The number of imidazole rings is 1. The van der Waals surface area contributed by atoms with Gasteiger partial charge in [-0.15, -0.1) is 0 Å². The van der Waals surface area contributed by atoms with Crippen LogP contribution in [-0.4, -0.2) is 54.7 Å². The molecule has 4 rings (SSSR count). The van der Waals surface area contributed by atoms with Crippen LogP contribution in [0, 0.1) is 0 Å². The highest BCUT2D eigenvalue weighted by Crippen LogP contribution is 2.44. The average molecular weight is 425 g/mol. The van der Waals surface area contributed by atoms with Crippen molar-refractivity contribution in [2.75, 3.05) is 35.0 Å². The first-order valence-corrected chi connectivity index (χ1v) is 9.53. The van der Waals surface area contributed by atoms with Crippen molar-refractivity contribution in [3.8, 4) is 45.6 Å². The molecular weight excluding hydrogens is 402 g/mol. The Hall–Kier alpha value is -3.72. The highest BCUT2D eigenvalue weighted by molar-refractivity contribution is 5.97. The molecule has 2 heterocycles. The fourth-order valence-electron chi connectivity index (χ4n) is 3.64. The monoisotopic (exact) mass is 425 g/mol. The minimum atomic E-state index is -0.0160. The normalized spacial score (nSPS) is 11.0. The minimum Gasteiger partial charge on any atom is -0.494 e. The molecule has 1 N–H and O–H groups in total. The molecule has 0 bridgehead atoms. The molecule has 2 aromatic carbocycles. The van der Waals surface area contributed by atoms with Gasteiger partial charge in [-0.25, -0.2) is 9.97 Å². The Morgan fingerprint density at radius 2 is 1.65 bits per heavy atom. The number of nitrogens with zero attached hydrogens (tertiary/aromatic N) is 3. The number of hydrogen-bond donors (Lipinski definition) is 1. The lowest BCUT2D eigenvalue weighted by molar-refractivity contribution is 0.277. The molecule has 0 atom stereocenters. The van der Waals surface area contributed by atoms with Gasteiger partial charge in [-0.05, 0) is 24.3 Å². The van der Waals surface area contributed by atoms with Crippen molar-refractivity contribution in [1.29, 1.82) is 0 Å². The molecule has 162 valence electrons. The second kappa shape index (κ2) is 8.57. The Bertz CT molecular complexity index is 1190. The van der Waals surface area contributed by atoms with Gasteiger partial charge in [0.15, 0.2) is 23.7 Å². The zero-order valence-corrected chi connectivity index (χ0v) is 17.7. The second-order valence-corrected chi connectivity index (χ2v) is 6.62. The second-order valence-electron chi connectivity index (χ2n) is 6.62. The van der Waals surface area contributed by atoms with E-state index in [2.05, 4.69) is 9.97 Å². The number of hydrogen-bond acceptors (Lipinski definition) is 8. The van der Waals surface area contributed by atoms with Crippen molar-refractivity contribution in [2.45, 2.75) is 6.54 Å². The summed E-state index contributed by atoms with van der Waals surface area (Å²) >= 11 is 0. The van der Waals surface area contributed by atoms with E-state index in [1.807, 2.05) is 28.8 Å². The van der Waals surface area contributed by atoms with Crippen LogP contribution in [0.5, 0.6) is 23.0 Å². The van der Waals surface area contributed by atoms with Crippen LogP contribution in [0.1, 0.15) is 0 Å². The van der Waals surface area contributed by atoms with Crippen molar-refractivity contribution in [3.05, 3.63) is 37.0 Å². The molecule has 0 spiro atoms. The van der Waals surface area contributed by atoms with Crippen LogP contribution in [0.15, 0.2) is 41.4 Å². The van der Waals surface area contributed by atoms with Gasteiger partial charge in [0, 0.05) is 17.7 Å². The summed E-state index contributed by atoms with van der Waals surface area (Å²) in [6.45, 7) is 0.379. The minimum absolute atomic E-state index is 0.0160. The highest BCUT2D eigenvalue weighted by atomic mass is 16.5. The smallest absolute Gasteiger partial charge is 0.203 e. The Morgan fingerprint density at radius 3 is 2.26 bits per heavy atom. The zero-order chi connectivity index (χ0) is 22.0. The predicted molar refractivity (Wildman–Crippen MR) is 114 cm³/mol. The Kier molecular flexibility index (Phi) is 5.68. The Morgan fingerprint density at radius 1 is 0.935 bits per heavy atom. The summed E-state index contributed by atoms with van der Waals surface area (Å²) in [7, 11) is 6.27. The van der Waals surface area contributed by atoms with Crippen molar-refractivity contribution >= 4 is 11.0 Å². The van der Waals surface area contributed by atoms with Crippen molar-refractivity contribution < 1.29 is 28.5 Å². The van der Waals surface area contributed by atoms with Crippen molar-refractivity contribution in [2.24, 2.45) is 0 Å². The zero-order valence-electron chi connectivity index (χ0n) is 17.7. The van der Waals surface area contributed by atoms with Crippen LogP contribution in [0.4, 0.5) is 0 Å². The van der Waals surface area contributed by atoms with E-state index in [9.17, 15) is 5.11 Å². The molecule has 0 saturated carbocycles. The third-order valence-corrected chi connectivity index (χ3v) is 5.04. The first-order chi connectivity index (χ1) is 15.2. The number of fused-ring (bicyclic) bond motifs is 1. The summed E-state index contributed by atoms with van der Waals surface area (Å²) in [4.78, 5) is 8.98. The fraction of sp³-hybridized carbons (Fsp3) is 0.273. The van der Waals surface area contributed by atoms with Crippen molar-refractivity contribution in [3.63, 3.8) is 0 Å². The van der Waals surface area contributed by atoms with Crippen LogP contribution >= 0.6 is 0 Å². The lowest BCUT2D eigenvalue weighted by Crippen LogP contribution is -2.01. The Labute approximate surface area is 178 Å². The molecule has 0 fully saturated rings. The van der Waals surface area contributed by atoms with Crippen molar-refractivity contribution in [1.82, 2.24) is 14.5 Å². The molecule has 0 radical (unpaired) electrons. The van der Waals surface area contributed by atoms with Gasteiger partial charge in [0.1, 0.15) is 22.5 Å². The van der Waals surface area contributed by atoms with Crippen LogP contribution in [0.2, 0.25) is 0 Å². The summed E-state index contributed by atoms with van der Waals surface area (Å²) in [5.74, 6) is 2.71. The summed E-state index contributed by atoms with van der Waals surface area (Å²) in [6.07, 6.45) is 3.05. The van der Waals surface area contributed by atoms with Gasteiger partial charge in [-0.2, -0.15) is 0 Å². The molecule has 0 unspecified atom stereocenters. The fourth-order valence-corrected chi connectivity index (χ4v) is 3.64. The van der Waals surface area contributed by atoms with E-state index < -0.39 is 0 Å². The number of aliphatic hydroxyl groups excluding tert-OH is 1. The molecule has 2 aromatic heterocycles. The average Bonchev–Trinajstić information content (AvgIpc) is 3.45.